The second-order valence-electron chi connectivity index (χ2n) is 6.30. The van der Waals surface area contributed by atoms with E-state index in [-0.39, 0.29) is 5.56 Å². The number of nitrogens with zero attached hydrogens (tertiary/aromatic N) is 4. The third-order valence-electron chi connectivity index (χ3n) is 4.72. The Morgan fingerprint density at radius 1 is 1.12 bits per heavy atom. The number of benzene rings is 1. The predicted molar refractivity (Wildman–Crippen MR) is 101 cm³/mol. The quantitative estimate of drug-likeness (QED) is 0.795. The Bertz CT molecular complexity index is 915. The number of para-hydroxylation sites is 1. The zero-order chi connectivity index (χ0) is 18.7. The molecule has 3 rings (SSSR count). The van der Waals surface area contributed by atoms with E-state index in [0.29, 0.717) is 62.5 Å². The smallest absolute Gasteiger partial charge is 0.282 e. The molecule has 2 aromatic rings. The van der Waals surface area contributed by atoms with Gasteiger partial charge in [0, 0.05) is 39.3 Å². The molecule has 0 aliphatic carbocycles. The van der Waals surface area contributed by atoms with Crippen LogP contribution < -0.4 is 5.56 Å². The maximum atomic E-state index is 12.6. The van der Waals surface area contributed by atoms with Crippen LogP contribution in [0.1, 0.15) is 19.7 Å². The van der Waals surface area contributed by atoms with Gasteiger partial charge in [0.1, 0.15) is 5.82 Å². The van der Waals surface area contributed by atoms with Crippen LogP contribution in [0.2, 0.25) is 0 Å². The number of hydrogen-bond donors (Lipinski definition) is 1. The van der Waals surface area contributed by atoms with Crippen molar-refractivity contribution in [3.63, 3.8) is 0 Å². The van der Waals surface area contributed by atoms with Crippen LogP contribution in [0, 0.1) is 0 Å². The van der Waals surface area contributed by atoms with E-state index in [1.165, 1.54) is 8.61 Å². The summed E-state index contributed by atoms with van der Waals surface area (Å²) in [5, 5.41) is 0.575. The Balaban J connectivity index is 1.67. The summed E-state index contributed by atoms with van der Waals surface area (Å²) in [6, 6.07) is 7.24. The summed E-state index contributed by atoms with van der Waals surface area (Å²) < 4.78 is 28.2. The standard InChI is InChI=1S/C17H25N5O3S/c1-3-21(4-2)26(24,25)22-11-9-20(10-12-22)13-16-18-15-8-6-5-7-14(15)17(23)19-16/h5-8H,3-4,9-13H2,1-2H3,(H,18,19,23). The molecule has 0 saturated carbocycles. The van der Waals surface area contributed by atoms with Gasteiger partial charge in [-0.15, -0.1) is 0 Å². The first-order chi connectivity index (χ1) is 12.5. The van der Waals surface area contributed by atoms with E-state index in [0.717, 1.165) is 0 Å². The molecule has 2 heterocycles. The van der Waals surface area contributed by atoms with Gasteiger partial charge < -0.3 is 4.98 Å². The molecule has 1 fully saturated rings. The molecule has 8 nitrogen and oxygen atoms in total. The number of fused-ring (bicyclic) bond motifs is 1. The second-order valence-corrected chi connectivity index (χ2v) is 8.23. The molecule has 0 unspecified atom stereocenters. The summed E-state index contributed by atoms with van der Waals surface area (Å²) in [6.45, 7) is 7.24. The van der Waals surface area contributed by atoms with Gasteiger partial charge in [0.25, 0.3) is 15.8 Å². The van der Waals surface area contributed by atoms with Crippen LogP contribution in [0.25, 0.3) is 10.9 Å². The molecular formula is C17H25N5O3S. The van der Waals surface area contributed by atoms with Crippen molar-refractivity contribution in [3.8, 4) is 0 Å². The van der Waals surface area contributed by atoms with Gasteiger partial charge in [-0.25, -0.2) is 4.98 Å². The molecule has 1 aliphatic heterocycles. The molecule has 0 amide bonds. The van der Waals surface area contributed by atoms with Crippen molar-refractivity contribution in [2.24, 2.45) is 0 Å². The maximum absolute atomic E-state index is 12.6. The van der Waals surface area contributed by atoms with Gasteiger partial charge in [-0.05, 0) is 12.1 Å². The van der Waals surface area contributed by atoms with Crippen LogP contribution in [-0.4, -0.2) is 71.2 Å². The molecule has 142 valence electrons. The molecule has 26 heavy (non-hydrogen) atoms. The number of H-pyrrole nitrogens is 1. The highest BCUT2D eigenvalue weighted by Crippen LogP contribution is 2.14. The first-order valence-electron chi connectivity index (χ1n) is 8.91. The lowest BCUT2D eigenvalue weighted by atomic mass is 10.2. The van der Waals surface area contributed by atoms with Crippen molar-refractivity contribution in [1.82, 2.24) is 23.5 Å². The lowest BCUT2D eigenvalue weighted by Gasteiger charge is -2.36. The molecule has 0 spiro atoms. The van der Waals surface area contributed by atoms with Crippen molar-refractivity contribution in [1.29, 1.82) is 0 Å². The number of aromatic nitrogens is 2. The number of hydrogen-bond acceptors (Lipinski definition) is 5. The molecular weight excluding hydrogens is 354 g/mol. The van der Waals surface area contributed by atoms with Gasteiger partial charge in [-0.2, -0.15) is 17.0 Å². The highest BCUT2D eigenvalue weighted by molar-refractivity contribution is 7.86. The summed E-state index contributed by atoms with van der Waals surface area (Å²) in [6.07, 6.45) is 0. The van der Waals surface area contributed by atoms with E-state index in [4.69, 9.17) is 0 Å². The fourth-order valence-electron chi connectivity index (χ4n) is 3.25. The molecule has 1 aliphatic rings. The molecule has 1 aromatic carbocycles. The van der Waals surface area contributed by atoms with Gasteiger partial charge in [0.05, 0.1) is 17.4 Å². The number of nitrogens with one attached hydrogen (secondary N) is 1. The van der Waals surface area contributed by atoms with Crippen LogP contribution in [0.4, 0.5) is 0 Å². The SMILES string of the molecule is CCN(CC)S(=O)(=O)N1CCN(Cc2nc3ccccc3c(=O)[nH]2)CC1. The van der Waals surface area contributed by atoms with E-state index in [9.17, 15) is 13.2 Å². The number of rotatable bonds is 6. The minimum absolute atomic E-state index is 0.145. The third-order valence-corrected chi connectivity index (χ3v) is 6.91. The number of aromatic amines is 1. The van der Waals surface area contributed by atoms with E-state index < -0.39 is 10.2 Å². The van der Waals surface area contributed by atoms with Crippen LogP contribution in [-0.2, 0) is 16.8 Å². The third kappa shape index (κ3) is 3.80. The highest BCUT2D eigenvalue weighted by atomic mass is 32.2. The Kier molecular flexibility index (Phi) is 5.71. The van der Waals surface area contributed by atoms with Crippen LogP contribution >= 0.6 is 0 Å². The minimum atomic E-state index is -3.39. The normalized spacial score (nSPS) is 17.2. The number of piperazine rings is 1. The monoisotopic (exact) mass is 379 g/mol. The first kappa shape index (κ1) is 19.0. The maximum Gasteiger partial charge on any atom is 0.282 e. The zero-order valence-corrected chi connectivity index (χ0v) is 16.0. The Labute approximate surface area is 153 Å². The van der Waals surface area contributed by atoms with Gasteiger partial charge >= 0.3 is 0 Å². The summed E-state index contributed by atoms with van der Waals surface area (Å²) in [4.78, 5) is 21.6. The molecule has 0 radical (unpaired) electrons. The van der Waals surface area contributed by atoms with E-state index in [1.807, 2.05) is 32.0 Å². The lowest BCUT2D eigenvalue weighted by Crippen LogP contribution is -2.52. The second kappa shape index (κ2) is 7.83. The van der Waals surface area contributed by atoms with Crippen molar-refractivity contribution in [2.75, 3.05) is 39.3 Å². The van der Waals surface area contributed by atoms with Gasteiger partial charge in [0.15, 0.2) is 0 Å². The average molecular weight is 379 g/mol. The molecule has 9 heteroatoms. The van der Waals surface area contributed by atoms with Crippen LogP contribution in [0.5, 0.6) is 0 Å². The zero-order valence-electron chi connectivity index (χ0n) is 15.2. The van der Waals surface area contributed by atoms with E-state index >= 15 is 0 Å². The van der Waals surface area contributed by atoms with Crippen molar-refractivity contribution >= 4 is 21.1 Å². The van der Waals surface area contributed by atoms with Crippen molar-refractivity contribution in [3.05, 3.63) is 40.4 Å². The van der Waals surface area contributed by atoms with Crippen LogP contribution in [0.3, 0.4) is 0 Å². The molecule has 1 aromatic heterocycles. The highest BCUT2D eigenvalue weighted by Gasteiger charge is 2.30. The molecule has 0 atom stereocenters. The summed E-state index contributed by atoms with van der Waals surface area (Å²) in [5.74, 6) is 0.605. The minimum Gasteiger partial charge on any atom is -0.309 e. The predicted octanol–water partition coefficient (Wildman–Crippen LogP) is 0.627. The van der Waals surface area contributed by atoms with Gasteiger partial charge in [-0.3, -0.25) is 9.69 Å². The van der Waals surface area contributed by atoms with E-state index in [1.54, 1.807) is 6.07 Å². The average Bonchev–Trinajstić information content (AvgIpc) is 2.63. The van der Waals surface area contributed by atoms with Crippen molar-refractivity contribution in [2.45, 2.75) is 20.4 Å². The fraction of sp³-hybridized carbons (Fsp3) is 0.529. The topological polar surface area (TPSA) is 89.6 Å². The fourth-order valence-corrected chi connectivity index (χ4v) is 4.86. The summed E-state index contributed by atoms with van der Waals surface area (Å²) >= 11 is 0. The first-order valence-corrected chi connectivity index (χ1v) is 10.3. The van der Waals surface area contributed by atoms with Crippen molar-refractivity contribution < 1.29 is 8.42 Å². The Morgan fingerprint density at radius 2 is 1.77 bits per heavy atom. The largest absolute Gasteiger partial charge is 0.309 e. The lowest BCUT2D eigenvalue weighted by molar-refractivity contribution is 0.172. The van der Waals surface area contributed by atoms with Gasteiger partial charge in [-0.1, -0.05) is 26.0 Å². The Morgan fingerprint density at radius 3 is 2.42 bits per heavy atom. The molecule has 0 bridgehead atoms. The molecule has 1 saturated heterocycles. The van der Waals surface area contributed by atoms with Gasteiger partial charge in [0.2, 0.25) is 0 Å². The van der Waals surface area contributed by atoms with Crippen LogP contribution in [0.15, 0.2) is 29.1 Å². The summed E-state index contributed by atoms with van der Waals surface area (Å²) in [5.41, 5.74) is 0.530. The molecule has 1 N–H and O–H groups in total. The van der Waals surface area contributed by atoms with E-state index in [2.05, 4.69) is 14.9 Å². The Hall–Kier alpha value is -1.81. The summed E-state index contributed by atoms with van der Waals surface area (Å²) in [7, 11) is -3.39.